The zero-order chi connectivity index (χ0) is 20.5. The van der Waals surface area contributed by atoms with Crippen molar-refractivity contribution in [3.63, 3.8) is 0 Å². The highest BCUT2D eigenvalue weighted by Gasteiger charge is 2.28. The maximum Gasteiger partial charge on any atom is 0.266 e. The lowest BCUT2D eigenvalue weighted by molar-refractivity contribution is 0.0979. The molecule has 3 rings (SSSR count). The first-order chi connectivity index (χ1) is 13.1. The number of nitrogens with zero attached hydrogens (tertiary/aromatic N) is 1. The monoisotopic (exact) mass is 401 g/mol. The predicted octanol–water partition coefficient (Wildman–Crippen LogP) is 3.74. The minimum atomic E-state index is -3.99. The Morgan fingerprint density at radius 3 is 2.25 bits per heavy atom. The number of hydrogen-bond acceptors (Lipinski definition) is 5. The lowest BCUT2D eigenvalue weighted by Gasteiger charge is -2.22. The number of nitrogens with one attached hydrogen (secondary N) is 1. The van der Waals surface area contributed by atoms with Gasteiger partial charge in [0, 0.05) is 22.7 Å². The molecule has 1 aromatic heterocycles. The summed E-state index contributed by atoms with van der Waals surface area (Å²) in [7, 11) is -3.99. The van der Waals surface area contributed by atoms with Gasteiger partial charge in [0.2, 0.25) is 0 Å². The van der Waals surface area contributed by atoms with Crippen molar-refractivity contribution in [1.82, 2.24) is 9.71 Å². The molecule has 1 amide bonds. The number of amides is 1. The smallest absolute Gasteiger partial charge is 0.266 e. The lowest BCUT2D eigenvalue weighted by atomic mass is 9.89. The average Bonchev–Trinajstić information content (AvgIpc) is 3.15. The highest BCUT2D eigenvalue weighted by molar-refractivity contribution is 7.90. The fourth-order valence-electron chi connectivity index (χ4n) is 3.48. The fourth-order valence-corrected chi connectivity index (χ4v) is 4.44. The molecule has 1 saturated carbocycles. The van der Waals surface area contributed by atoms with Crippen molar-refractivity contribution < 1.29 is 13.2 Å². The maximum atomic E-state index is 12.9. The summed E-state index contributed by atoms with van der Waals surface area (Å²) >= 11 is 0. The molecule has 1 aromatic carbocycles. The number of hydrogen-bond donors (Lipinski definition) is 2. The van der Waals surface area contributed by atoms with Gasteiger partial charge in [-0.3, -0.25) is 9.78 Å². The van der Waals surface area contributed by atoms with Crippen molar-refractivity contribution in [1.29, 1.82) is 0 Å². The number of benzene rings is 1. The van der Waals surface area contributed by atoms with Crippen LogP contribution in [0.4, 0.5) is 5.69 Å². The van der Waals surface area contributed by atoms with E-state index in [1.54, 1.807) is 6.07 Å². The van der Waals surface area contributed by atoms with Crippen molar-refractivity contribution in [2.45, 2.75) is 62.7 Å². The third-order valence-corrected chi connectivity index (χ3v) is 6.44. The minimum Gasteiger partial charge on any atom is -0.399 e. The molecule has 1 aliphatic rings. The molecule has 0 aliphatic heterocycles. The minimum absolute atomic E-state index is 0.00302. The van der Waals surface area contributed by atoms with Gasteiger partial charge in [0.25, 0.3) is 15.9 Å². The molecule has 0 bridgehead atoms. The van der Waals surface area contributed by atoms with Crippen LogP contribution in [0.15, 0.2) is 41.3 Å². The van der Waals surface area contributed by atoms with E-state index in [0.717, 1.165) is 31.4 Å². The van der Waals surface area contributed by atoms with Crippen LogP contribution in [0.2, 0.25) is 0 Å². The van der Waals surface area contributed by atoms with Gasteiger partial charge in [-0.1, -0.05) is 33.6 Å². The van der Waals surface area contributed by atoms with Crippen LogP contribution in [0.5, 0.6) is 0 Å². The summed E-state index contributed by atoms with van der Waals surface area (Å²) in [5, 5.41) is 0. The second-order valence-corrected chi connectivity index (χ2v) is 10.0. The second kappa shape index (κ2) is 7.54. The van der Waals surface area contributed by atoms with Gasteiger partial charge in [-0.05, 0) is 49.2 Å². The summed E-state index contributed by atoms with van der Waals surface area (Å²) < 4.78 is 27.4. The molecule has 0 spiro atoms. The number of carbonyl (C=O) groups excluding carboxylic acids is 1. The molecule has 6 nitrogen and oxygen atoms in total. The molecule has 150 valence electrons. The molecule has 0 saturated heterocycles. The van der Waals surface area contributed by atoms with Crippen LogP contribution in [0.1, 0.15) is 74.1 Å². The quantitative estimate of drug-likeness (QED) is 0.760. The number of rotatable bonds is 4. The van der Waals surface area contributed by atoms with E-state index >= 15 is 0 Å². The molecule has 0 atom stereocenters. The topological polar surface area (TPSA) is 102 Å². The Morgan fingerprint density at radius 1 is 1.07 bits per heavy atom. The molecule has 1 aliphatic carbocycles. The van der Waals surface area contributed by atoms with Crippen LogP contribution in [0.25, 0.3) is 0 Å². The van der Waals surface area contributed by atoms with Crippen LogP contribution >= 0.6 is 0 Å². The summed E-state index contributed by atoms with van der Waals surface area (Å²) in [6.07, 6.45) is 4.12. The number of pyridine rings is 1. The SMILES string of the molecule is CC(C)(C)c1ccc(C(=O)NS(=O)(=O)c2ccc(N)cc2)c(C2CCCC2)n1. The predicted molar refractivity (Wildman–Crippen MR) is 110 cm³/mol. The Labute approximate surface area is 166 Å². The largest absolute Gasteiger partial charge is 0.399 e. The molecule has 3 N–H and O–H groups in total. The van der Waals surface area contributed by atoms with E-state index in [4.69, 9.17) is 10.7 Å². The highest BCUT2D eigenvalue weighted by atomic mass is 32.2. The van der Waals surface area contributed by atoms with Crippen LogP contribution in [0.3, 0.4) is 0 Å². The van der Waals surface area contributed by atoms with Gasteiger partial charge < -0.3 is 5.73 Å². The van der Waals surface area contributed by atoms with Gasteiger partial charge in [0.05, 0.1) is 16.2 Å². The van der Waals surface area contributed by atoms with E-state index in [0.29, 0.717) is 16.9 Å². The molecule has 2 aromatic rings. The van der Waals surface area contributed by atoms with Crippen LogP contribution in [0, 0.1) is 0 Å². The summed E-state index contributed by atoms with van der Waals surface area (Å²) in [5.41, 5.74) is 7.84. The van der Waals surface area contributed by atoms with E-state index in [1.807, 2.05) is 6.07 Å². The van der Waals surface area contributed by atoms with Crippen molar-refractivity contribution in [2.24, 2.45) is 0 Å². The number of nitrogens with two attached hydrogens (primary N) is 1. The van der Waals surface area contributed by atoms with Crippen LogP contribution in [-0.4, -0.2) is 19.3 Å². The average molecular weight is 402 g/mol. The van der Waals surface area contributed by atoms with Gasteiger partial charge in [-0.25, -0.2) is 13.1 Å². The van der Waals surface area contributed by atoms with Gasteiger partial charge in [-0.2, -0.15) is 0 Å². The van der Waals surface area contributed by atoms with Gasteiger partial charge in [-0.15, -0.1) is 0 Å². The Balaban J connectivity index is 1.95. The van der Waals surface area contributed by atoms with Crippen molar-refractivity contribution in [3.05, 3.63) is 53.3 Å². The highest BCUT2D eigenvalue weighted by Crippen LogP contribution is 2.36. The van der Waals surface area contributed by atoms with E-state index in [9.17, 15) is 13.2 Å². The summed E-state index contributed by atoms with van der Waals surface area (Å²) in [4.78, 5) is 17.7. The van der Waals surface area contributed by atoms with E-state index in [-0.39, 0.29) is 16.2 Å². The Morgan fingerprint density at radius 2 is 1.68 bits per heavy atom. The normalized spacial score (nSPS) is 15.5. The first-order valence-electron chi connectivity index (χ1n) is 9.52. The van der Waals surface area contributed by atoms with E-state index in [2.05, 4.69) is 25.5 Å². The molecule has 0 unspecified atom stereocenters. The third kappa shape index (κ3) is 4.35. The number of sulfonamides is 1. The number of nitrogen functional groups attached to an aromatic ring is 1. The first-order valence-corrected chi connectivity index (χ1v) is 11.0. The second-order valence-electron chi connectivity index (χ2n) is 8.36. The Kier molecular flexibility index (Phi) is 5.48. The molecule has 1 fully saturated rings. The van der Waals surface area contributed by atoms with Crippen molar-refractivity contribution in [3.8, 4) is 0 Å². The molecule has 0 radical (unpaired) electrons. The van der Waals surface area contributed by atoms with Gasteiger partial charge in [0.15, 0.2) is 0 Å². The molecule has 28 heavy (non-hydrogen) atoms. The fraction of sp³-hybridized carbons (Fsp3) is 0.429. The molecule has 7 heteroatoms. The summed E-state index contributed by atoms with van der Waals surface area (Å²) in [6.45, 7) is 6.21. The number of carbonyl (C=O) groups is 1. The maximum absolute atomic E-state index is 12.9. The zero-order valence-electron chi connectivity index (χ0n) is 16.5. The van der Waals surface area contributed by atoms with Gasteiger partial charge in [0.1, 0.15) is 0 Å². The van der Waals surface area contributed by atoms with E-state index in [1.165, 1.54) is 24.3 Å². The lowest BCUT2D eigenvalue weighted by Crippen LogP contribution is -2.32. The summed E-state index contributed by atoms with van der Waals surface area (Å²) in [5.74, 6) is -0.464. The Hall–Kier alpha value is -2.41. The Bertz CT molecular complexity index is 971. The zero-order valence-corrected chi connectivity index (χ0v) is 17.3. The van der Waals surface area contributed by atoms with Crippen molar-refractivity contribution >= 4 is 21.6 Å². The summed E-state index contributed by atoms with van der Waals surface area (Å²) in [6, 6.07) is 9.25. The van der Waals surface area contributed by atoms with Crippen LogP contribution in [-0.2, 0) is 15.4 Å². The first kappa shape index (κ1) is 20.3. The third-order valence-electron chi connectivity index (χ3n) is 5.10. The van der Waals surface area contributed by atoms with Crippen LogP contribution < -0.4 is 10.5 Å². The van der Waals surface area contributed by atoms with E-state index < -0.39 is 15.9 Å². The molecular formula is C21H27N3O3S. The number of aromatic nitrogens is 1. The number of anilines is 1. The molecular weight excluding hydrogens is 374 g/mol. The van der Waals surface area contributed by atoms with Gasteiger partial charge >= 0.3 is 0 Å². The molecule has 1 heterocycles. The van der Waals surface area contributed by atoms with Crippen molar-refractivity contribution in [2.75, 3.05) is 5.73 Å². The standard InChI is InChI=1S/C21H27N3O3S/c1-21(2,3)18-13-12-17(19(23-18)14-6-4-5-7-14)20(25)24-28(26,27)16-10-8-15(22)9-11-16/h8-14H,4-7,22H2,1-3H3,(H,24,25).